The summed E-state index contributed by atoms with van der Waals surface area (Å²) >= 11 is 3.53. The van der Waals surface area contributed by atoms with Crippen molar-refractivity contribution in [2.24, 2.45) is 0 Å². The first-order valence-electron chi connectivity index (χ1n) is 12.5. The van der Waals surface area contributed by atoms with E-state index in [1.54, 1.807) is 4.90 Å². The van der Waals surface area contributed by atoms with Crippen LogP contribution in [0.4, 0.5) is 0 Å². The second-order valence-corrected chi connectivity index (χ2v) is 9.86. The number of para-hydroxylation sites is 1. The highest BCUT2D eigenvalue weighted by atomic mass is 79.9. The van der Waals surface area contributed by atoms with Gasteiger partial charge in [0.1, 0.15) is 11.8 Å². The van der Waals surface area contributed by atoms with E-state index >= 15 is 0 Å². The zero-order valence-electron chi connectivity index (χ0n) is 21.0. The molecule has 0 saturated heterocycles. The van der Waals surface area contributed by atoms with Crippen LogP contribution >= 0.6 is 15.9 Å². The predicted octanol–water partition coefficient (Wildman–Crippen LogP) is 6.16. The van der Waals surface area contributed by atoms with Crippen LogP contribution in [0.15, 0.2) is 89.4 Å². The Labute approximate surface area is 223 Å². The molecule has 2 amide bonds. The normalized spacial score (nSPS) is 12.4. The van der Waals surface area contributed by atoms with Gasteiger partial charge in [-0.3, -0.25) is 9.59 Å². The van der Waals surface area contributed by atoms with Gasteiger partial charge >= 0.3 is 0 Å². The lowest BCUT2D eigenvalue weighted by Gasteiger charge is -2.32. The zero-order valence-corrected chi connectivity index (χ0v) is 22.6. The standard InChI is InChI=1S/C30H35BrN2O3/c1-3-23(2)32-30(35)28(21-24-12-6-4-7-13-24)33(22-25-14-10-15-26(31)20-25)29(34)18-11-19-36-27-16-8-5-9-17-27/h4-10,12-17,20,23,28H,3,11,18-19,21-22H2,1-2H3,(H,32,35)/t23-,28+/m1/s1. The molecule has 3 rings (SSSR count). The number of benzene rings is 3. The lowest BCUT2D eigenvalue weighted by Crippen LogP contribution is -2.52. The number of hydrogen-bond acceptors (Lipinski definition) is 3. The third kappa shape index (κ3) is 8.83. The summed E-state index contributed by atoms with van der Waals surface area (Å²) in [7, 11) is 0. The van der Waals surface area contributed by atoms with Crippen molar-refractivity contribution in [1.29, 1.82) is 0 Å². The Morgan fingerprint density at radius 1 is 0.944 bits per heavy atom. The van der Waals surface area contributed by atoms with Gasteiger partial charge in [-0.25, -0.2) is 0 Å². The molecule has 0 unspecified atom stereocenters. The van der Waals surface area contributed by atoms with Gasteiger partial charge in [-0.1, -0.05) is 83.5 Å². The first-order chi connectivity index (χ1) is 17.5. The van der Waals surface area contributed by atoms with Gasteiger partial charge in [-0.2, -0.15) is 0 Å². The Kier molecular flexibility index (Phi) is 11.0. The van der Waals surface area contributed by atoms with Crippen molar-refractivity contribution in [2.75, 3.05) is 6.61 Å². The molecule has 3 aromatic rings. The number of carbonyl (C=O) groups excluding carboxylic acids is 2. The molecule has 0 aromatic heterocycles. The molecule has 0 radical (unpaired) electrons. The number of rotatable bonds is 13. The Bertz CT molecular complexity index is 1090. The van der Waals surface area contributed by atoms with Crippen molar-refractivity contribution in [3.63, 3.8) is 0 Å². The fourth-order valence-electron chi connectivity index (χ4n) is 3.90. The van der Waals surface area contributed by atoms with E-state index in [1.807, 2.05) is 98.8 Å². The summed E-state index contributed by atoms with van der Waals surface area (Å²) in [5, 5.41) is 3.10. The Hall–Kier alpha value is -3.12. The van der Waals surface area contributed by atoms with Crippen molar-refractivity contribution < 1.29 is 14.3 Å². The molecule has 6 heteroatoms. The molecule has 0 aliphatic heterocycles. The predicted molar refractivity (Wildman–Crippen MR) is 148 cm³/mol. The topological polar surface area (TPSA) is 58.6 Å². The quantitative estimate of drug-likeness (QED) is 0.259. The highest BCUT2D eigenvalue weighted by Crippen LogP contribution is 2.19. The fourth-order valence-corrected chi connectivity index (χ4v) is 4.35. The van der Waals surface area contributed by atoms with E-state index < -0.39 is 6.04 Å². The molecule has 2 atom stereocenters. The summed E-state index contributed by atoms with van der Waals surface area (Å²) in [6, 6.07) is 26.7. The smallest absolute Gasteiger partial charge is 0.243 e. The largest absolute Gasteiger partial charge is 0.494 e. The lowest BCUT2D eigenvalue weighted by atomic mass is 10.0. The molecule has 3 aromatic carbocycles. The molecule has 1 N–H and O–H groups in total. The molecule has 36 heavy (non-hydrogen) atoms. The van der Waals surface area contributed by atoms with Crippen LogP contribution in [0.1, 0.15) is 44.2 Å². The second-order valence-electron chi connectivity index (χ2n) is 8.94. The maximum atomic E-state index is 13.6. The van der Waals surface area contributed by atoms with Gasteiger partial charge in [-0.05, 0) is 55.2 Å². The molecule has 190 valence electrons. The van der Waals surface area contributed by atoms with Crippen molar-refractivity contribution >= 4 is 27.7 Å². The highest BCUT2D eigenvalue weighted by Gasteiger charge is 2.30. The Morgan fingerprint density at radius 3 is 2.28 bits per heavy atom. The summed E-state index contributed by atoms with van der Waals surface area (Å²) in [6.45, 7) is 4.80. The van der Waals surface area contributed by atoms with Crippen molar-refractivity contribution in [3.05, 3.63) is 101 Å². The lowest BCUT2D eigenvalue weighted by molar-refractivity contribution is -0.141. The van der Waals surface area contributed by atoms with E-state index in [4.69, 9.17) is 4.74 Å². The maximum absolute atomic E-state index is 13.6. The monoisotopic (exact) mass is 550 g/mol. The number of ether oxygens (including phenoxy) is 1. The first kappa shape index (κ1) is 27.5. The maximum Gasteiger partial charge on any atom is 0.243 e. The summed E-state index contributed by atoms with van der Waals surface area (Å²) in [4.78, 5) is 28.8. The van der Waals surface area contributed by atoms with Gasteiger partial charge in [0.25, 0.3) is 0 Å². The molecular formula is C30H35BrN2O3. The summed E-state index contributed by atoms with van der Waals surface area (Å²) in [5.74, 6) is 0.592. The van der Waals surface area contributed by atoms with Gasteiger partial charge in [0.05, 0.1) is 6.61 Å². The van der Waals surface area contributed by atoms with E-state index in [0.29, 0.717) is 32.4 Å². The molecule has 0 aliphatic rings. The molecule has 5 nitrogen and oxygen atoms in total. The summed E-state index contributed by atoms with van der Waals surface area (Å²) < 4.78 is 6.72. The Morgan fingerprint density at radius 2 is 1.61 bits per heavy atom. The van der Waals surface area contributed by atoms with Gasteiger partial charge in [0.2, 0.25) is 11.8 Å². The number of halogens is 1. The molecule has 0 aliphatic carbocycles. The fraction of sp³-hybridized carbons (Fsp3) is 0.333. The van der Waals surface area contributed by atoms with Crippen LogP contribution in [0, 0.1) is 0 Å². The number of nitrogens with zero attached hydrogens (tertiary/aromatic N) is 1. The van der Waals surface area contributed by atoms with Gasteiger partial charge in [0, 0.05) is 29.9 Å². The first-order valence-corrected chi connectivity index (χ1v) is 13.3. The molecular weight excluding hydrogens is 516 g/mol. The SMILES string of the molecule is CC[C@@H](C)NC(=O)[C@H](Cc1ccccc1)N(Cc1cccc(Br)c1)C(=O)CCCOc1ccccc1. The van der Waals surface area contributed by atoms with Gasteiger partial charge < -0.3 is 15.0 Å². The van der Waals surface area contributed by atoms with E-state index in [-0.39, 0.29) is 17.9 Å². The van der Waals surface area contributed by atoms with Crippen molar-refractivity contribution in [3.8, 4) is 5.75 Å². The average molecular weight is 552 g/mol. The molecule has 0 heterocycles. The Balaban J connectivity index is 1.80. The van der Waals surface area contributed by atoms with Gasteiger partial charge in [-0.15, -0.1) is 0 Å². The number of nitrogens with one attached hydrogen (secondary N) is 1. The summed E-state index contributed by atoms with van der Waals surface area (Å²) in [5.41, 5.74) is 1.98. The van der Waals surface area contributed by atoms with Crippen molar-refractivity contribution in [2.45, 2.75) is 58.2 Å². The number of carbonyl (C=O) groups is 2. The molecule has 0 bridgehead atoms. The van der Waals surface area contributed by atoms with E-state index in [0.717, 1.165) is 27.8 Å². The van der Waals surface area contributed by atoms with Crippen LogP contribution < -0.4 is 10.1 Å². The minimum absolute atomic E-state index is 0.0258. The minimum Gasteiger partial charge on any atom is -0.494 e. The molecule has 0 saturated carbocycles. The minimum atomic E-state index is -0.622. The van der Waals surface area contributed by atoms with Crippen LogP contribution in [0.2, 0.25) is 0 Å². The third-order valence-electron chi connectivity index (χ3n) is 6.06. The van der Waals surface area contributed by atoms with E-state index in [2.05, 4.69) is 21.2 Å². The zero-order chi connectivity index (χ0) is 25.8. The molecule has 0 fully saturated rings. The third-order valence-corrected chi connectivity index (χ3v) is 6.55. The van der Waals surface area contributed by atoms with E-state index in [9.17, 15) is 9.59 Å². The average Bonchev–Trinajstić information content (AvgIpc) is 2.89. The second kappa shape index (κ2) is 14.4. The van der Waals surface area contributed by atoms with Crippen LogP contribution in [0.3, 0.4) is 0 Å². The highest BCUT2D eigenvalue weighted by molar-refractivity contribution is 9.10. The van der Waals surface area contributed by atoms with Crippen LogP contribution in [-0.2, 0) is 22.6 Å². The number of hydrogen-bond donors (Lipinski definition) is 1. The van der Waals surface area contributed by atoms with Gasteiger partial charge in [0.15, 0.2) is 0 Å². The van der Waals surface area contributed by atoms with Crippen LogP contribution in [0.25, 0.3) is 0 Å². The summed E-state index contributed by atoms with van der Waals surface area (Å²) in [6.07, 6.45) is 2.13. The van der Waals surface area contributed by atoms with Crippen LogP contribution in [0.5, 0.6) is 5.75 Å². The molecule has 0 spiro atoms. The van der Waals surface area contributed by atoms with E-state index in [1.165, 1.54) is 0 Å². The van der Waals surface area contributed by atoms with Crippen molar-refractivity contribution in [1.82, 2.24) is 10.2 Å². The number of amides is 2. The van der Waals surface area contributed by atoms with Crippen LogP contribution in [-0.4, -0.2) is 35.4 Å².